The summed E-state index contributed by atoms with van der Waals surface area (Å²) in [7, 11) is 0. The van der Waals surface area contributed by atoms with Gasteiger partial charge in [-0.1, -0.05) is 53.5 Å². The number of benzene rings is 3. The minimum Gasteiger partial charge on any atom is -0.489 e. The highest BCUT2D eigenvalue weighted by atomic mass is 79.9. The van der Waals surface area contributed by atoms with E-state index in [0.717, 1.165) is 16.9 Å². The zero-order chi connectivity index (χ0) is 22.5. The summed E-state index contributed by atoms with van der Waals surface area (Å²) < 4.78 is 8.14. The van der Waals surface area contributed by atoms with Crippen LogP contribution in [0.25, 0.3) is 0 Å². The zero-order valence-corrected chi connectivity index (χ0v) is 19.9. The molecule has 0 aliphatic carbocycles. The van der Waals surface area contributed by atoms with Crippen LogP contribution in [0.4, 0.5) is 5.82 Å². The minimum absolute atomic E-state index is 0.251. The Labute approximate surface area is 204 Å². The third-order valence-electron chi connectivity index (χ3n) is 4.67. The number of nitrogens with zero attached hydrogens (tertiary/aromatic N) is 2. The molecule has 32 heavy (non-hydrogen) atoms. The van der Waals surface area contributed by atoms with Gasteiger partial charge < -0.3 is 10.1 Å². The van der Waals surface area contributed by atoms with Gasteiger partial charge in [0.25, 0.3) is 5.91 Å². The maximum Gasteiger partial charge on any atom is 0.256 e. The van der Waals surface area contributed by atoms with Crippen LogP contribution in [0.1, 0.15) is 21.5 Å². The van der Waals surface area contributed by atoms with Gasteiger partial charge in [0.1, 0.15) is 12.4 Å². The smallest absolute Gasteiger partial charge is 0.256 e. The number of halogens is 3. The summed E-state index contributed by atoms with van der Waals surface area (Å²) in [6.07, 6.45) is 1.80. The standard InChI is InChI=1S/C24H18BrCl2N3O2/c25-21-14-30(13-18-3-1-2-4-22(18)27)29-23(21)28-24(31)17-7-5-16(6-8-17)15-32-20-11-9-19(26)10-12-20/h1-12,14H,13,15H2,(H,28,29,31). The molecule has 0 unspecified atom stereocenters. The molecule has 4 rings (SSSR count). The van der Waals surface area contributed by atoms with Crippen LogP contribution < -0.4 is 10.1 Å². The first-order chi connectivity index (χ1) is 15.5. The first-order valence-corrected chi connectivity index (χ1v) is 11.3. The van der Waals surface area contributed by atoms with Gasteiger partial charge >= 0.3 is 0 Å². The number of aromatic nitrogens is 2. The van der Waals surface area contributed by atoms with Crippen molar-refractivity contribution in [3.8, 4) is 5.75 Å². The van der Waals surface area contributed by atoms with Crippen LogP contribution in [0.15, 0.2) is 83.5 Å². The predicted octanol–water partition coefficient (Wildman–Crippen LogP) is 6.83. The molecule has 1 N–H and O–H groups in total. The molecule has 0 saturated heterocycles. The Bertz CT molecular complexity index is 1220. The van der Waals surface area contributed by atoms with E-state index in [0.29, 0.717) is 39.1 Å². The number of carbonyl (C=O) groups excluding carboxylic acids is 1. The summed E-state index contributed by atoms with van der Waals surface area (Å²) in [6.45, 7) is 0.887. The highest BCUT2D eigenvalue weighted by molar-refractivity contribution is 9.10. The molecule has 0 saturated carbocycles. The molecule has 162 valence electrons. The van der Waals surface area contributed by atoms with Crippen molar-refractivity contribution < 1.29 is 9.53 Å². The molecule has 0 fully saturated rings. The van der Waals surface area contributed by atoms with Crippen molar-refractivity contribution in [1.29, 1.82) is 0 Å². The summed E-state index contributed by atoms with van der Waals surface area (Å²) in [6, 6.07) is 22.0. The van der Waals surface area contributed by atoms with E-state index in [1.54, 1.807) is 35.1 Å². The Morgan fingerprint density at radius 1 is 1.00 bits per heavy atom. The molecule has 1 heterocycles. The van der Waals surface area contributed by atoms with Crippen LogP contribution in [0.3, 0.4) is 0 Å². The molecule has 0 atom stereocenters. The van der Waals surface area contributed by atoms with Crippen molar-refractivity contribution in [2.45, 2.75) is 13.2 Å². The van der Waals surface area contributed by atoms with Gasteiger partial charge in [0, 0.05) is 21.8 Å². The second-order valence-electron chi connectivity index (χ2n) is 7.01. The maximum absolute atomic E-state index is 12.7. The molecule has 0 aliphatic heterocycles. The maximum atomic E-state index is 12.7. The second kappa shape index (κ2) is 10.2. The van der Waals surface area contributed by atoms with Gasteiger partial charge in [0.15, 0.2) is 5.82 Å². The summed E-state index contributed by atoms with van der Waals surface area (Å²) in [5, 5.41) is 8.61. The van der Waals surface area contributed by atoms with Gasteiger partial charge in [-0.2, -0.15) is 5.10 Å². The molecule has 8 heteroatoms. The number of anilines is 1. The summed E-state index contributed by atoms with van der Waals surface area (Å²) in [4.78, 5) is 12.7. The largest absolute Gasteiger partial charge is 0.489 e. The van der Waals surface area contributed by atoms with E-state index in [-0.39, 0.29) is 5.91 Å². The van der Waals surface area contributed by atoms with Crippen molar-refractivity contribution in [3.05, 3.63) is 110 Å². The fourth-order valence-electron chi connectivity index (χ4n) is 2.99. The number of hydrogen-bond acceptors (Lipinski definition) is 3. The van der Waals surface area contributed by atoms with Crippen molar-refractivity contribution >= 4 is 50.9 Å². The van der Waals surface area contributed by atoms with Crippen LogP contribution >= 0.6 is 39.1 Å². The number of hydrogen-bond donors (Lipinski definition) is 1. The average Bonchev–Trinajstić information content (AvgIpc) is 3.14. The summed E-state index contributed by atoms with van der Waals surface area (Å²) in [5.41, 5.74) is 2.41. The van der Waals surface area contributed by atoms with Crippen LogP contribution in [-0.2, 0) is 13.2 Å². The average molecular weight is 531 g/mol. The van der Waals surface area contributed by atoms with E-state index in [2.05, 4.69) is 26.3 Å². The molecule has 5 nitrogen and oxygen atoms in total. The molecule has 0 bridgehead atoms. The van der Waals surface area contributed by atoms with Crippen LogP contribution in [0, 0.1) is 0 Å². The minimum atomic E-state index is -0.251. The lowest BCUT2D eigenvalue weighted by Gasteiger charge is -2.08. The van der Waals surface area contributed by atoms with E-state index >= 15 is 0 Å². The van der Waals surface area contributed by atoms with Crippen LogP contribution in [-0.4, -0.2) is 15.7 Å². The molecule has 0 aliphatic rings. The lowest BCUT2D eigenvalue weighted by atomic mass is 10.1. The quantitative estimate of drug-likeness (QED) is 0.285. The highest BCUT2D eigenvalue weighted by Crippen LogP contribution is 2.23. The van der Waals surface area contributed by atoms with Crippen molar-refractivity contribution in [1.82, 2.24) is 9.78 Å². The molecule has 0 radical (unpaired) electrons. The molecular weight excluding hydrogens is 513 g/mol. The number of amides is 1. The monoisotopic (exact) mass is 529 g/mol. The van der Waals surface area contributed by atoms with Gasteiger partial charge in [0.05, 0.1) is 11.0 Å². The van der Waals surface area contributed by atoms with E-state index in [1.807, 2.05) is 48.5 Å². The van der Waals surface area contributed by atoms with Gasteiger partial charge in [0.2, 0.25) is 0 Å². The second-order valence-corrected chi connectivity index (χ2v) is 8.71. The van der Waals surface area contributed by atoms with E-state index in [1.165, 1.54) is 0 Å². The predicted molar refractivity (Wildman–Crippen MR) is 131 cm³/mol. The first-order valence-electron chi connectivity index (χ1n) is 9.73. The molecular formula is C24H18BrCl2N3O2. The summed E-state index contributed by atoms with van der Waals surface area (Å²) >= 11 is 15.6. The highest BCUT2D eigenvalue weighted by Gasteiger charge is 2.13. The van der Waals surface area contributed by atoms with Gasteiger partial charge in [-0.05, 0) is 69.5 Å². The van der Waals surface area contributed by atoms with Crippen molar-refractivity contribution in [3.63, 3.8) is 0 Å². The Morgan fingerprint density at radius 3 is 2.44 bits per heavy atom. The Morgan fingerprint density at radius 2 is 1.72 bits per heavy atom. The van der Waals surface area contributed by atoms with Crippen molar-refractivity contribution in [2.75, 3.05) is 5.32 Å². The van der Waals surface area contributed by atoms with E-state index in [4.69, 9.17) is 27.9 Å². The normalized spacial score (nSPS) is 10.7. The first kappa shape index (κ1) is 22.4. The Kier molecular flexibility index (Phi) is 7.15. The topological polar surface area (TPSA) is 56.2 Å². The lowest BCUT2D eigenvalue weighted by Crippen LogP contribution is -2.13. The van der Waals surface area contributed by atoms with Crippen molar-refractivity contribution in [2.24, 2.45) is 0 Å². The van der Waals surface area contributed by atoms with E-state index < -0.39 is 0 Å². The fourth-order valence-corrected chi connectivity index (χ4v) is 3.73. The molecule has 3 aromatic carbocycles. The Balaban J connectivity index is 1.37. The Hall–Kier alpha value is -2.80. The van der Waals surface area contributed by atoms with Crippen LogP contribution in [0.5, 0.6) is 5.75 Å². The summed E-state index contributed by atoms with van der Waals surface area (Å²) in [5.74, 6) is 0.921. The molecule has 1 aromatic heterocycles. The number of rotatable bonds is 7. The van der Waals surface area contributed by atoms with Crippen LogP contribution in [0.2, 0.25) is 10.0 Å². The lowest BCUT2D eigenvalue weighted by molar-refractivity contribution is 0.102. The zero-order valence-electron chi connectivity index (χ0n) is 16.8. The third-order valence-corrected chi connectivity index (χ3v) is 5.88. The number of nitrogens with one attached hydrogen (secondary N) is 1. The third kappa shape index (κ3) is 5.71. The molecule has 4 aromatic rings. The fraction of sp³-hybridized carbons (Fsp3) is 0.0833. The molecule has 1 amide bonds. The van der Waals surface area contributed by atoms with Gasteiger partial charge in [-0.25, -0.2) is 0 Å². The molecule has 0 spiro atoms. The van der Waals surface area contributed by atoms with E-state index in [9.17, 15) is 4.79 Å². The van der Waals surface area contributed by atoms with Gasteiger partial charge in [-0.15, -0.1) is 0 Å². The van der Waals surface area contributed by atoms with Gasteiger partial charge in [-0.3, -0.25) is 9.48 Å². The number of ether oxygens (including phenoxy) is 1. The number of carbonyl (C=O) groups is 1. The SMILES string of the molecule is O=C(Nc1nn(Cc2ccccc2Cl)cc1Br)c1ccc(COc2ccc(Cl)cc2)cc1.